The van der Waals surface area contributed by atoms with E-state index in [0.29, 0.717) is 0 Å². The van der Waals surface area contributed by atoms with Crippen molar-refractivity contribution in [3.05, 3.63) is 33.8 Å². The molecule has 16 heavy (non-hydrogen) atoms. The Balaban J connectivity index is 1.96. The molecule has 1 aliphatic rings. The topological polar surface area (TPSA) is 32.3 Å². The van der Waals surface area contributed by atoms with Crippen molar-refractivity contribution in [3.63, 3.8) is 0 Å². The second-order valence-corrected chi connectivity index (χ2v) is 5.58. The predicted molar refractivity (Wildman–Crippen MR) is 69.4 cm³/mol. The Morgan fingerprint density at radius 1 is 1.44 bits per heavy atom. The van der Waals surface area contributed by atoms with Crippen molar-refractivity contribution in [1.29, 1.82) is 0 Å². The Morgan fingerprint density at radius 2 is 2.19 bits per heavy atom. The number of hydrogen-bond donors (Lipinski definition) is 2. The van der Waals surface area contributed by atoms with Gasteiger partial charge in [-0.1, -0.05) is 28.1 Å². The molecular formula is C13H18BrNO. The number of aliphatic hydroxyl groups is 1. The second kappa shape index (κ2) is 4.86. The molecule has 0 amide bonds. The van der Waals surface area contributed by atoms with Crippen LogP contribution in [0.1, 0.15) is 30.4 Å². The number of benzene rings is 1. The van der Waals surface area contributed by atoms with Crippen LogP contribution in [-0.2, 0) is 6.54 Å². The van der Waals surface area contributed by atoms with E-state index in [0.717, 1.165) is 23.9 Å². The van der Waals surface area contributed by atoms with E-state index in [2.05, 4.69) is 46.4 Å². The van der Waals surface area contributed by atoms with Crippen molar-refractivity contribution in [2.24, 2.45) is 0 Å². The normalized spacial score (nSPS) is 18.2. The van der Waals surface area contributed by atoms with Crippen LogP contribution in [0.4, 0.5) is 0 Å². The molecule has 0 unspecified atom stereocenters. The van der Waals surface area contributed by atoms with E-state index in [4.69, 9.17) is 0 Å². The lowest BCUT2D eigenvalue weighted by atomic mass is 9.77. The van der Waals surface area contributed by atoms with Crippen LogP contribution in [0.25, 0.3) is 0 Å². The SMILES string of the molecule is Cc1cc(CNC2(CO)CCC2)ccc1Br. The maximum Gasteiger partial charge on any atom is 0.0613 e. The Kier molecular flexibility index (Phi) is 3.67. The molecule has 1 aromatic carbocycles. The van der Waals surface area contributed by atoms with E-state index in [1.54, 1.807) is 0 Å². The molecule has 0 atom stereocenters. The van der Waals surface area contributed by atoms with Crippen molar-refractivity contribution in [2.45, 2.75) is 38.3 Å². The molecule has 1 aromatic rings. The number of halogens is 1. The number of aryl methyl sites for hydroxylation is 1. The molecule has 0 saturated heterocycles. The second-order valence-electron chi connectivity index (χ2n) is 4.73. The van der Waals surface area contributed by atoms with Gasteiger partial charge in [-0.2, -0.15) is 0 Å². The van der Waals surface area contributed by atoms with Crippen molar-refractivity contribution < 1.29 is 5.11 Å². The zero-order valence-corrected chi connectivity index (χ0v) is 11.2. The van der Waals surface area contributed by atoms with E-state index in [1.807, 2.05) is 0 Å². The summed E-state index contributed by atoms with van der Waals surface area (Å²) in [6.07, 6.45) is 3.42. The molecule has 1 aliphatic carbocycles. The molecule has 1 saturated carbocycles. The summed E-state index contributed by atoms with van der Waals surface area (Å²) >= 11 is 3.50. The van der Waals surface area contributed by atoms with Crippen LogP contribution in [0.5, 0.6) is 0 Å². The Labute approximate surface area is 105 Å². The first-order valence-electron chi connectivity index (χ1n) is 5.76. The highest BCUT2D eigenvalue weighted by atomic mass is 79.9. The lowest BCUT2D eigenvalue weighted by Gasteiger charge is -2.41. The molecular weight excluding hydrogens is 266 g/mol. The Hall–Kier alpha value is -0.380. The summed E-state index contributed by atoms with van der Waals surface area (Å²) in [6.45, 7) is 3.19. The molecule has 0 bridgehead atoms. The largest absolute Gasteiger partial charge is 0.394 e. The molecule has 0 aromatic heterocycles. The summed E-state index contributed by atoms with van der Waals surface area (Å²) in [4.78, 5) is 0. The molecule has 2 N–H and O–H groups in total. The van der Waals surface area contributed by atoms with E-state index in [1.165, 1.54) is 17.5 Å². The zero-order chi connectivity index (χ0) is 11.6. The molecule has 0 radical (unpaired) electrons. The molecule has 2 nitrogen and oxygen atoms in total. The Morgan fingerprint density at radius 3 is 2.69 bits per heavy atom. The summed E-state index contributed by atoms with van der Waals surface area (Å²) in [6, 6.07) is 6.38. The summed E-state index contributed by atoms with van der Waals surface area (Å²) in [7, 11) is 0. The minimum Gasteiger partial charge on any atom is -0.394 e. The summed E-state index contributed by atoms with van der Waals surface area (Å²) in [5.74, 6) is 0. The number of rotatable bonds is 4. The first kappa shape index (κ1) is 12.1. The molecule has 0 spiro atoms. The van der Waals surface area contributed by atoms with Gasteiger partial charge in [0.1, 0.15) is 0 Å². The molecule has 0 aliphatic heterocycles. The van der Waals surface area contributed by atoms with Gasteiger partial charge in [-0.05, 0) is 43.4 Å². The molecule has 88 valence electrons. The van der Waals surface area contributed by atoms with Crippen molar-refractivity contribution in [2.75, 3.05) is 6.61 Å². The van der Waals surface area contributed by atoms with Crippen molar-refractivity contribution >= 4 is 15.9 Å². The molecule has 1 fully saturated rings. The smallest absolute Gasteiger partial charge is 0.0613 e. The first-order valence-corrected chi connectivity index (χ1v) is 6.55. The zero-order valence-electron chi connectivity index (χ0n) is 9.59. The number of hydrogen-bond acceptors (Lipinski definition) is 2. The van der Waals surface area contributed by atoms with Gasteiger partial charge in [-0.15, -0.1) is 0 Å². The highest BCUT2D eigenvalue weighted by Crippen LogP contribution is 2.31. The summed E-state index contributed by atoms with van der Waals surface area (Å²) in [5, 5.41) is 12.8. The Bertz CT molecular complexity index is 369. The summed E-state index contributed by atoms with van der Waals surface area (Å²) in [5.41, 5.74) is 2.53. The number of aliphatic hydroxyl groups excluding tert-OH is 1. The van der Waals surface area contributed by atoms with Crippen LogP contribution in [0.3, 0.4) is 0 Å². The van der Waals surface area contributed by atoms with E-state index in [-0.39, 0.29) is 12.1 Å². The van der Waals surface area contributed by atoms with Crippen molar-refractivity contribution in [3.8, 4) is 0 Å². The number of nitrogens with one attached hydrogen (secondary N) is 1. The van der Waals surface area contributed by atoms with Gasteiger partial charge in [-0.25, -0.2) is 0 Å². The summed E-state index contributed by atoms with van der Waals surface area (Å²) < 4.78 is 1.15. The van der Waals surface area contributed by atoms with Gasteiger partial charge in [0.15, 0.2) is 0 Å². The van der Waals surface area contributed by atoms with Gasteiger partial charge in [0.25, 0.3) is 0 Å². The van der Waals surface area contributed by atoms with Crippen LogP contribution in [0, 0.1) is 6.92 Å². The fourth-order valence-corrected chi connectivity index (χ4v) is 2.35. The fourth-order valence-electron chi connectivity index (χ4n) is 2.10. The third kappa shape index (κ3) is 2.47. The van der Waals surface area contributed by atoms with Gasteiger partial charge >= 0.3 is 0 Å². The molecule has 3 heteroatoms. The third-order valence-electron chi connectivity index (χ3n) is 3.50. The van der Waals surface area contributed by atoms with E-state index < -0.39 is 0 Å². The monoisotopic (exact) mass is 283 g/mol. The van der Waals surface area contributed by atoms with Crippen LogP contribution in [0.15, 0.2) is 22.7 Å². The van der Waals surface area contributed by atoms with Crippen LogP contribution in [-0.4, -0.2) is 17.3 Å². The molecule has 2 rings (SSSR count). The maximum atomic E-state index is 9.34. The minimum atomic E-state index is 0.000971. The van der Waals surface area contributed by atoms with Crippen LogP contribution >= 0.6 is 15.9 Å². The molecule has 0 heterocycles. The third-order valence-corrected chi connectivity index (χ3v) is 4.39. The van der Waals surface area contributed by atoms with Crippen molar-refractivity contribution in [1.82, 2.24) is 5.32 Å². The quantitative estimate of drug-likeness (QED) is 0.891. The van der Waals surface area contributed by atoms with Gasteiger partial charge in [-0.3, -0.25) is 0 Å². The van der Waals surface area contributed by atoms with Gasteiger partial charge in [0, 0.05) is 16.6 Å². The standard InChI is InChI=1S/C13H18BrNO/c1-10-7-11(3-4-12(10)14)8-15-13(9-16)5-2-6-13/h3-4,7,15-16H,2,5-6,8-9H2,1H3. The lowest BCUT2D eigenvalue weighted by molar-refractivity contribution is 0.0872. The fraction of sp³-hybridized carbons (Fsp3) is 0.538. The van der Waals surface area contributed by atoms with Gasteiger partial charge in [0.05, 0.1) is 6.61 Å². The predicted octanol–water partition coefficient (Wildman–Crippen LogP) is 2.76. The minimum absolute atomic E-state index is 0.000971. The highest BCUT2D eigenvalue weighted by Gasteiger charge is 2.35. The van der Waals surface area contributed by atoms with Crippen LogP contribution in [0.2, 0.25) is 0 Å². The average molecular weight is 284 g/mol. The first-order chi connectivity index (χ1) is 7.65. The van der Waals surface area contributed by atoms with E-state index in [9.17, 15) is 5.11 Å². The average Bonchev–Trinajstić information content (AvgIpc) is 2.22. The lowest BCUT2D eigenvalue weighted by Crippen LogP contribution is -2.53. The van der Waals surface area contributed by atoms with E-state index >= 15 is 0 Å². The van der Waals surface area contributed by atoms with Crippen LogP contribution < -0.4 is 5.32 Å². The van der Waals surface area contributed by atoms with Gasteiger partial charge < -0.3 is 10.4 Å². The maximum absolute atomic E-state index is 9.34. The highest BCUT2D eigenvalue weighted by molar-refractivity contribution is 9.10. The van der Waals surface area contributed by atoms with Gasteiger partial charge in [0.2, 0.25) is 0 Å².